The molecule has 2 aliphatic carbocycles. The molecule has 0 saturated heterocycles. The Morgan fingerprint density at radius 2 is 1.75 bits per heavy atom. The third-order valence-corrected chi connectivity index (χ3v) is 4.42. The van der Waals surface area contributed by atoms with Crippen molar-refractivity contribution in [3.8, 4) is 12.3 Å². The fraction of sp³-hybridized carbons (Fsp3) is 0.706. The van der Waals surface area contributed by atoms with Crippen LogP contribution in [0.5, 0.6) is 0 Å². The van der Waals surface area contributed by atoms with Crippen molar-refractivity contribution in [1.82, 2.24) is 5.16 Å². The van der Waals surface area contributed by atoms with Crippen molar-refractivity contribution >= 4 is 5.82 Å². The molecule has 2 saturated carbocycles. The third kappa shape index (κ3) is 4.92. The molecule has 0 bridgehead atoms. The van der Waals surface area contributed by atoms with Gasteiger partial charge in [0.2, 0.25) is 0 Å². The van der Waals surface area contributed by atoms with Crippen molar-refractivity contribution < 1.29 is 4.52 Å². The Balaban J connectivity index is 0.000000160. The fourth-order valence-corrected chi connectivity index (χ4v) is 3.31. The highest BCUT2D eigenvalue weighted by Gasteiger charge is 2.17. The largest absolute Gasteiger partial charge is 0.381 e. The van der Waals surface area contributed by atoms with Crippen LogP contribution in [0.3, 0.4) is 0 Å². The zero-order chi connectivity index (χ0) is 14.2. The molecule has 1 aromatic rings. The van der Waals surface area contributed by atoms with Crippen LogP contribution in [0.15, 0.2) is 10.6 Å². The fourth-order valence-electron chi connectivity index (χ4n) is 3.31. The van der Waals surface area contributed by atoms with Crippen LogP contribution < -0.4 is 5.73 Å². The van der Waals surface area contributed by atoms with Crippen molar-refractivity contribution in [2.75, 3.05) is 5.73 Å². The summed E-state index contributed by atoms with van der Waals surface area (Å²) in [7, 11) is 0. The number of nitrogen functional groups attached to an aromatic ring is 1. The number of rotatable bonds is 3. The van der Waals surface area contributed by atoms with Gasteiger partial charge in [0.25, 0.3) is 0 Å². The van der Waals surface area contributed by atoms with E-state index in [1.54, 1.807) is 0 Å². The predicted octanol–water partition coefficient (Wildman–Crippen LogP) is 4.19. The zero-order valence-electron chi connectivity index (χ0n) is 12.3. The summed E-state index contributed by atoms with van der Waals surface area (Å²) in [5.41, 5.74) is 5.45. The lowest BCUT2D eigenvalue weighted by atomic mass is 10.0. The minimum atomic E-state index is 0.503. The number of hydrogen-bond acceptors (Lipinski definition) is 3. The molecule has 2 aliphatic rings. The molecule has 0 aliphatic heterocycles. The van der Waals surface area contributed by atoms with Gasteiger partial charge in [-0.25, -0.2) is 0 Å². The van der Waals surface area contributed by atoms with Crippen molar-refractivity contribution in [2.45, 2.75) is 64.2 Å². The Hall–Kier alpha value is -1.43. The smallest absolute Gasteiger partial charge is 0.167 e. The lowest BCUT2D eigenvalue weighted by Gasteiger charge is -2.03. The summed E-state index contributed by atoms with van der Waals surface area (Å²) in [6.07, 6.45) is 18.2. The van der Waals surface area contributed by atoms with Crippen LogP contribution in [0, 0.1) is 24.2 Å². The lowest BCUT2D eigenvalue weighted by molar-refractivity contribution is 0.361. The van der Waals surface area contributed by atoms with Crippen LogP contribution in [0.1, 0.15) is 63.5 Å². The SMILES string of the molecule is C#CCC1CCCC1.Nc1cc(CC2CCCC2)on1. The molecule has 0 amide bonds. The van der Waals surface area contributed by atoms with Crippen molar-refractivity contribution in [1.29, 1.82) is 0 Å². The van der Waals surface area contributed by atoms with Crippen molar-refractivity contribution in [3.63, 3.8) is 0 Å². The first-order chi connectivity index (χ1) is 9.78. The van der Waals surface area contributed by atoms with Gasteiger partial charge in [0, 0.05) is 18.9 Å². The van der Waals surface area contributed by atoms with Crippen LogP contribution >= 0.6 is 0 Å². The van der Waals surface area contributed by atoms with Crippen LogP contribution in [-0.2, 0) is 6.42 Å². The van der Waals surface area contributed by atoms with Gasteiger partial charge >= 0.3 is 0 Å². The van der Waals surface area contributed by atoms with E-state index in [1.165, 1.54) is 51.4 Å². The van der Waals surface area contributed by atoms with Gasteiger partial charge in [0.1, 0.15) is 5.76 Å². The molecule has 0 unspecified atom stereocenters. The van der Waals surface area contributed by atoms with E-state index in [9.17, 15) is 0 Å². The number of nitrogens with zero attached hydrogens (tertiary/aromatic N) is 1. The maximum Gasteiger partial charge on any atom is 0.167 e. The maximum absolute atomic E-state index is 5.45. The summed E-state index contributed by atoms with van der Waals surface area (Å²) in [5, 5.41) is 3.66. The van der Waals surface area contributed by atoms with Crippen LogP contribution in [0.4, 0.5) is 5.82 Å². The number of hydrogen-bond donors (Lipinski definition) is 1. The molecular formula is C17H26N2O. The molecule has 0 aromatic carbocycles. The quantitative estimate of drug-likeness (QED) is 0.841. The summed E-state index contributed by atoms with van der Waals surface area (Å²) in [6.45, 7) is 0. The van der Waals surface area contributed by atoms with E-state index in [0.717, 1.165) is 30.4 Å². The van der Waals surface area contributed by atoms with Gasteiger partial charge in [0.05, 0.1) is 0 Å². The zero-order valence-corrected chi connectivity index (χ0v) is 12.3. The second-order valence-corrected chi connectivity index (χ2v) is 6.13. The van der Waals surface area contributed by atoms with Gasteiger partial charge in [0.15, 0.2) is 5.82 Å². The molecule has 0 spiro atoms. The molecule has 20 heavy (non-hydrogen) atoms. The minimum Gasteiger partial charge on any atom is -0.381 e. The highest BCUT2D eigenvalue weighted by Crippen LogP contribution is 2.28. The normalized spacial score (nSPS) is 19.6. The Morgan fingerprint density at radius 1 is 1.15 bits per heavy atom. The summed E-state index contributed by atoms with van der Waals surface area (Å²) >= 11 is 0. The maximum atomic E-state index is 5.45. The van der Waals surface area contributed by atoms with Gasteiger partial charge in [-0.15, -0.1) is 12.3 Å². The molecule has 3 nitrogen and oxygen atoms in total. The van der Waals surface area contributed by atoms with Gasteiger partial charge in [-0.05, 0) is 24.7 Å². The number of nitrogens with two attached hydrogens (primary N) is 1. The second-order valence-electron chi connectivity index (χ2n) is 6.13. The molecule has 3 heteroatoms. The molecule has 0 atom stereocenters. The number of aromatic nitrogens is 1. The third-order valence-electron chi connectivity index (χ3n) is 4.42. The highest BCUT2D eigenvalue weighted by molar-refractivity contribution is 5.26. The molecule has 1 heterocycles. The van der Waals surface area contributed by atoms with Crippen molar-refractivity contribution in [2.24, 2.45) is 11.8 Å². The first kappa shape index (κ1) is 15.0. The van der Waals surface area contributed by atoms with E-state index in [1.807, 2.05) is 6.07 Å². The predicted molar refractivity (Wildman–Crippen MR) is 82.0 cm³/mol. The van der Waals surface area contributed by atoms with Gasteiger partial charge in [-0.3, -0.25) is 0 Å². The lowest BCUT2D eigenvalue weighted by Crippen LogP contribution is -1.96. The van der Waals surface area contributed by atoms with Gasteiger partial charge in [-0.1, -0.05) is 43.7 Å². The molecular weight excluding hydrogens is 248 g/mol. The average Bonchev–Trinajstić information content (AvgIpc) is 3.15. The highest BCUT2D eigenvalue weighted by atomic mass is 16.5. The molecule has 0 radical (unpaired) electrons. The van der Waals surface area contributed by atoms with E-state index in [-0.39, 0.29) is 0 Å². The van der Waals surface area contributed by atoms with Gasteiger partial charge < -0.3 is 10.3 Å². The first-order valence-corrected chi connectivity index (χ1v) is 7.92. The van der Waals surface area contributed by atoms with Crippen LogP contribution in [-0.4, -0.2) is 5.16 Å². The summed E-state index contributed by atoms with van der Waals surface area (Å²) in [4.78, 5) is 0. The summed E-state index contributed by atoms with van der Waals surface area (Å²) < 4.78 is 5.05. The summed E-state index contributed by atoms with van der Waals surface area (Å²) in [6, 6.07) is 1.83. The Labute approximate surface area is 122 Å². The monoisotopic (exact) mass is 274 g/mol. The second kappa shape index (κ2) is 7.99. The Morgan fingerprint density at radius 3 is 2.25 bits per heavy atom. The minimum absolute atomic E-state index is 0.503. The summed E-state index contributed by atoms with van der Waals surface area (Å²) in [5.74, 6) is 5.83. The van der Waals surface area contributed by atoms with Crippen molar-refractivity contribution in [3.05, 3.63) is 11.8 Å². The Kier molecular flexibility index (Phi) is 5.98. The van der Waals surface area contributed by atoms with E-state index < -0.39 is 0 Å². The number of terminal acetylenes is 1. The van der Waals surface area contributed by atoms with Crippen LogP contribution in [0.2, 0.25) is 0 Å². The molecule has 2 N–H and O–H groups in total. The average molecular weight is 274 g/mol. The Bertz CT molecular complexity index is 420. The van der Waals surface area contributed by atoms with Crippen LogP contribution in [0.25, 0.3) is 0 Å². The first-order valence-electron chi connectivity index (χ1n) is 7.92. The molecule has 3 rings (SSSR count). The van der Waals surface area contributed by atoms with E-state index in [4.69, 9.17) is 16.7 Å². The van der Waals surface area contributed by atoms with E-state index in [0.29, 0.717) is 5.82 Å². The molecule has 110 valence electrons. The molecule has 2 fully saturated rings. The molecule has 1 aromatic heterocycles. The standard InChI is InChI=1S/C9H14N2O.C8H12/c10-9-6-8(12-11-9)5-7-3-1-2-4-7;1-2-5-8-6-3-4-7-8/h6-7H,1-5H2,(H2,10,11);1,8H,3-7H2. The van der Waals surface area contributed by atoms with E-state index >= 15 is 0 Å². The topological polar surface area (TPSA) is 52.0 Å². The number of anilines is 1. The van der Waals surface area contributed by atoms with E-state index in [2.05, 4.69) is 11.1 Å². The van der Waals surface area contributed by atoms with Gasteiger partial charge in [-0.2, -0.15) is 0 Å².